The standard InChI is InChI=1S/C26H33ClN2O3/c1-3-23(26(31)28-21-13-5-4-6-14-21)29(17-20-12-8-7-11-19(20)2)25(30)18-32-24-16-10-9-15-22(24)27/h7-12,15-16,21,23H,3-6,13-14,17-18H2,1-2H3,(H,28,31)/t23-/m1/s1. The normalized spacial score (nSPS) is 15.1. The number of ether oxygens (including phenoxy) is 1. The number of amides is 2. The molecule has 0 bridgehead atoms. The van der Waals surface area contributed by atoms with Crippen LogP contribution in [0.15, 0.2) is 48.5 Å². The Balaban J connectivity index is 1.77. The average Bonchev–Trinajstić information content (AvgIpc) is 2.80. The second-order valence-electron chi connectivity index (χ2n) is 8.43. The number of carbonyl (C=O) groups is 2. The number of benzene rings is 2. The molecular weight excluding hydrogens is 424 g/mol. The number of nitrogens with one attached hydrogen (secondary N) is 1. The first-order valence-electron chi connectivity index (χ1n) is 11.5. The van der Waals surface area contributed by atoms with Crippen LogP contribution in [0.4, 0.5) is 0 Å². The van der Waals surface area contributed by atoms with Crippen molar-refractivity contribution < 1.29 is 14.3 Å². The maximum Gasteiger partial charge on any atom is 0.261 e. The summed E-state index contributed by atoms with van der Waals surface area (Å²) in [6.45, 7) is 4.14. The summed E-state index contributed by atoms with van der Waals surface area (Å²) < 4.78 is 5.72. The van der Waals surface area contributed by atoms with Crippen molar-refractivity contribution in [3.63, 3.8) is 0 Å². The molecule has 1 atom stereocenters. The lowest BCUT2D eigenvalue weighted by Crippen LogP contribution is -2.52. The van der Waals surface area contributed by atoms with E-state index in [-0.39, 0.29) is 24.5 Å². The largest absolute Gasteiger partial charge is 0.482 e. The molecule has 0 radical (unpaired) electrons. The van der Waals surface area contributed by atoms with E-state index in [1.165, 1.54) is 6.42 Å². The van der Waals surface area contributed by atoms with Crippen LogP contribution in [0.1, 0.15) is 56.6 Å². The number of rotatable bonds is 9. The number of hydrogen-bond donors (Lipinski definition) is 1. The number of para-hydroxylation sites is 1. The zero-order valence-corrected chi connectivity index (χ0v) is 19.7. The lowest BCUT2D eigenvalue weighted by molar-refractivity contribution is -0.143. The maximum atomic E-state index is 13.3. The minimum Gasteiger partial charge on any atom is -0.482 e. The Labute approximate surface area is 196 Å². The van der Waals surface area contributed by atoms with Crippen LogP contribution in [0.25, 0.3) is 0 Å². The van der Waals surface area contributed by atoms with Crippen LogP contribution in [0.5, 0.6) is 5.75 Å². The molecule has 0 spiro atoms. The molecule has 0 aromatic heterocycles. The fraction of sp³-hybridized carbons (Fsp3) is 0.462. The lowest BCUT2D eigenvalue weighted by Gasteiger charge is -2.33. The summed E-state index contributed by atoms with van der Waals surface area (Å²) in [5.41, 5.74) is 2.10. The van der Waals surface area contributed by atoms with Gasteiger partial charge >= 0.3 is 0 Å². The van der Waals surface area contributed by atoms with Gasteiger partial charge in [0.15, 0.2) is 6.61 Å². The van der Waals surface area contributed by atoms with Crippen molar-refractivity contribution in [2.75, 3.05) is 6.61 Å². The molecule has 0 heterocycles. The van der Waals surface area contributed by atoms with Gasteiger partial charge in [0.05, 0.1) is 5.02 Å². The Morgan fingerprint density at radius 1 is 1.09 bits per heavy atom. The fourth-order valence-electron chi connectivity index (χ4n) is 4.22. The Morgan fingerprint density at radius 2 is 1.78 bits per heavy atom. The molecule has 1 saturated carbocycles. The van der Waals surface area contributed by atoms with Gasteiger partial charge < -0.3 is 15.0 Å². The zero-order valence-electron chi connectivity index (χ0n) is 19.0. The number of carbonyl (C=O) groups excluding carboxylic acids is 2. The Bertz CT molecular complexity index is 911. The van der Waals surface area contributed by atoms with Crippen LogP contribution >= 0.6 is 11.6 Å². The first-order valence-corrected chi connectivity index (χ1v) is 11.9. The zero-order chi connectivity index (χ0) is 22.9. The van der Waals surface area contributed by atoms with Gasteiger partial charge in [-0.2, -0.15) is 0 Å². The van der Waals surface area contributed by atoms with Crippen molar-refractivity contribution in [3.8, 4) is 5.75 Å². The highest BCUT2D eigenvalue weighted by atomic mass is 35.5. The number of halogens is 1. The molecule has 0 aliphatic heterocycles. The van der Waals surface area contributed by atoms with Gasteiger partial charge in [0.1, 0.15) is 11.8 Å². The summed E-state index contributed by atoms with van der Waals surface area (Å²) >= 11 is 6.17. The molecule has 3 rings (SSSR count). The minimum atomic E-state index is -0.557. The van der Waals surface area contributed by atoms with E-state index in [1.54, 1.807) is 17.0 Å². The van der Waals surface area contributed by atoms with Crippen molar-refractivity contribution in [3.05, 3.63) is 64.7 Å². The molecule has 172 valence electrons. The average molecular weight is 457 g/mol. The fourth-order valence-corrected chi connectivity index (χ4v) is 4.41. The van der Waals surface area contributed by atoms with E-state index in [0.29, 0.717) is 23.7 Å². The first kappa shape index (κ1) is 24.1. The summed E-state index contributed by atoms with van der Waals surface area (Å²) in [5.74, 6) is 0.135. The van der Waals surface area contributed by atoms with Crippen LogP contribution < -0.4 is 10.1 Å². The highest BCUT2D eigenvalue weighted by Crippen LogP contribution is 2.24. The van der Waals surface area contributed by atoms with Crippen molar-refractivity contribution in [2.24, 2.45) is 0 Å². The minimum absolute atomic E-state index is 0.0842. The molecule has 2 aromatic rings. The van der Waals surface area contributed by atoms with Crippen molar-refractivity contribution in [1.82, 2.24) is 10.2 Å². The predicted molar refractivity (Wildman–Crippen MR) is 128 cm³/mol. The SMILES string of the molecule is CC[C@H](C(=O)NC1CCCCC1)N(Cc1ccccc1C)C(=O)COc1ccccc1Cl. The number of aryl methyl sites for hydroxylation is 1. The monoisotopic (exact) mass is 456 g/mol. The van der Waals surface area contributed by atoms with Gasteiger partial charge in [0.2, 0.25) is 5.91 Å². The molecule has 2 amide bonds. The second kappa shape index (κ2) is 11.9. The third-order valence-electron chi connectivity index (χ3n) is 6.13. The van der Waals surface area contributed by atoms with Crippen molar-refractivity contribution in [2.45, 2.75) is 71.0 Å². The molecule has 1 fully saturated rings. The summed E-state index contributed by atoms with van der Waals surface area (Å²) in [4.78, 5) is 28.2. The highest BCUT2D eigenvalue weighted by molar-refractivity contribution is 6.32. The van der Waals surface area contributed by atoms with E-state index >= 15 is 0 Å². The van der Waals surface area contributed by atoms with Crippen LogP contribution in [0, 0.1) is 6.92 Å². The smallest absolute Gasteiger partial charge is 0.261 e. The Hall–Kier alpha value is -2.53. The van der Waals surface area contributed by atoms with E-state index in [9.17, 15) is 9.59 Å². The third kappa shape index (κ3) is 6.49. The molecule has 0 unspecified atom stereocenters. The summed E-state index contributed by atoms with van der Waals surface area (Å²) in [5, 5.41) is 3.65. The van der Waals surface area contributed by atoms with Gasteiger partial charge in [-0.3, -0.25) is 9.59 Å². The van der Waals surface area contributed by atoms with Gasteiger partial charge in [-0.15, -0.1) is 0 Å². The van der Waals surface area contributed by atoms with E-state index in [2.05, 4.69) is 5.32 Å². The maximum absolute atomic E-state index is 13.3. The van der Waals surface area contributed by atoms with Gasteiger partial charge in [0, 0.05) is 12.6 Å². The van der Waals surface area contributed by atoms with Crippen molar-refractivity contribution >= 4 is 23.4 Å². The summed E-state index contributed by atoms with van der Waals surface area (Å²) in [6.07, 6.45) is 6.04. The summed E-state index contributed by atoms with van der Waals surface area (Å²) in [6, 6.07) is 14.6. The lowest BCUT2D eigenvalue weighted by atomic mass is 9.95. The van der Waals surface area contributed by atoms with Gasteiger partial charge in [-0.05, 0) is 49.4 Å². The number of hydrogen-bond acceptors (Lipinski definition) is 3. The highest BCUT2D eigenvalue weighted by Gasteiger charge is 2.30. The van der Waals surface area contributed by atoms with Crippen LogP contribution in [0.3, 0.4) is 0 Å². The van der Waals surface area contributed by atoms with Crippen LogP contribution in [-0.4, -0.2) is 35.4 Å². The second-order valence-corrected chi connectivity index (χ2v) is 8.84. The van der Waals surface area contributed by atoms with E-state index in [4.69, 9.17) is 16.3 Å². The molecule has 1 aliphatic carbocycles. The first-order chi connectivity index (χ1) is 15.5. The Morgan fingerprint density at radius 3 is 2.47 bits per heavy atom. The van der Waals surface area contributed by atoms with E-state index in [0.717, 1.165) is 36.8 Å². The molecule has 0 saturated heterocycles. The topological polar surface area (TPSA) is 58.6 Å². The van der Waals surface area contributed by atoms with E-state index < -0.39 is 6.04 Å². The molecule has 2 aromatic carbocycles. The molecule has 32 heavy (non-hydrogen) atoms. The Kier molecular flexibility index (Phi) is 8.98. The molecule has 1 N–H and O–H groups in total. The predicted octanol–water partition coefficient (Wildman–Crippen LogP) is 5.28. The van der Waals surface area contributed by atoms with Crippen LogP contribution in [0.2, 0.25) is 5.02 Å². The van der Waals surface area contributed by atoms with Gasteiger partial charge in [-0.25, -0.2) is 0 Å². The summed E-state index contributed by atoms with van der Waals surface area (Å²) in [7, 11) is 0. The van der Waals surface area contributed by atoms with Crippen molar-refractivity contribution in [1.29, 1.82) is 0 Å². The third-order valence-corrected chi connectivity index (χ3v) is 6.44. The number of nitrogens with zero attached hydrogens (tertiary/aromatic N) is 1. The van der Waals surface area contributed by atoms with Gasteiger partial charge in [0.25, 0.3) is 5.91 Å². The molecule has 5 nitrogen and oxygen atoms in total. The molecular formula is C26H33ClN2O3. The van der Waals surface area contributed by atoms with E-state index in [1.807, 2.05) is 50.2 Å². The molecule has 6 heteroatoms. The van der Waals surface area contributed by atoms with Gasteiger partial charge in [-0.1, -0.05) is 74.2 Å². The quantitative estimate of drug-likeness (QED) is 0.558. The van der Waals surface area contributed by atoms with Crippen LogP contribution in [-0.2, 0) is 16.1 Å². The molecule has 1 aliphatic rings.